The van der Waals surface area contributed by atoms with E-state index < -0.39 is 0 Å². The van der Waals surface area contributed by atoms with Crippen LogP contribution in [-0.4, -0.2) is 11.8 Å². The Morgan fingerprint density at radius 1 is 1.22 bits per heavy atom. The second-order valence-corrected chi connectivity index (χ2v) is 6.29. The summed E-state index contributed by atoms with van der Waals surface area (Å²) in [7, 11) is 0. The first kappa shape index (κ1) is 13.5. The molecule has 0 saturated carbocycles. The van der Waals surface area contributed by atoms with Crippen LogP contribution in [0.2, 0.25) is 0 Å². The fourth-order valence-corrected chi connectivity index (χ4v) is 3.58. The highest BCUT2D eigenvalue weighted by atomic mass is 32.1. The van der Waals surface area contributed by atoms with Crippen LogP contribution in [0.25, 0.3) is 5.57 Å². The van der Waals surface area contributed by atoms with Crippen molar-refractivity contribution in [1.29, 1.82) is 0 Å². The quantitative estimate of drug-likeness (QED) is 0.630. The minimum absolute atomic E-state index is 0.344. The second kappa shape index (κ2) is 6.33. The van der Waals surface area contributed by atoms with Crippen LogP contribution in [0.15, 0.2) is 23.2 Å². The molecular weight excluding hydrogens is 238 g/mol. The molecule has 1 aliphatic heterocycles. The zero-order valence-corrected chi connectivity index (χ0v) is 12.5. The summed E-state index contributed by atoms with van der Waals surface area (Å²) in [4.78, 5) is 7.51. The average Bonchev–Trinajstić information content (AvgIpc) is 2.91. The molecule has 2 heterocycles. The fourth-order valence-electron chi connectivity index (χ4n) is 2.43. The number of aliphatic imine (C=N–C) groups is 1. The van der Waals surface area contributed by atoms with Crippen LogP contribution in [-0.2, 0) is 6.42 Å². The predicted molar refractivity (Wildman–Crippen MR) is 82.7 cm³/mol. The fraction of sp³-hybridized carbons (Fsp3) is 0.562. The molecule has 0 amide bonds. The van der Waals surface area contributed by atoms with Crippen LogP contribution in [0.3, 0.4) is 0 Å². The molecule has 1 atom stereocenters. The van der Waals surface area contributed by atoms with Crippen molar-refractivity contribution in [2.75, 3.05) is 0 Å². The summed E-state index contributed by atoms with van der Waals surface area (Å²) in [5.74, 6) is 0. The maximum absolute atomic E-state index is 4.57. The molecule has 18 heavy (non-hydrogen) atoms. The molecule has 0 N–H and O–H groups in total. The van der Waals surface area contributed by atoms with E-state index in [-0.39, 0.29) is 0 Å². The third kappa shape index (κ3) is 3.32. The maximum Gasteiger partial charge on any atom is 0.0738 e. The lowest BCUT2D eigenvalue weighted by molar-refractivity contribution is 0.670. The SMILES string of the molecule is CCCCCCc1ccc(C2=CC(C)=NC2C)s1. The van der Waals surface area contributed by atoms with Gasteiger partial charge in [0.25, 0.3) is 0 Å². The van der Waals surface area contributed by atoms with E-state index in [0.717, 1.165) is 5.71 Å². The molecule has 2 heteroatoms. The van der Waals surface area contributed by atoms with Gasteiger partial charge in [-0.2, -0.15) is 0 Å². The molecule has 2 rings (SSSR count). The minimum atomic E-state index is 0.344. The van der Waals surface area contributed by atoms with Gasteiger partial charge in [-0.3, -0.25) is 4.99 Å². The zero-order chi connectivity index (χ0) is 13.0. The number of unbranched alkanes of at least 4 members (excludes halogenated alkanes) is 3. The predicted octanol–water partition coefficient (Wildman–Crippen LogP) is 5.12. The smallest absolute Gasteiger partial charge is 0.0738 e. The van der Waals surface area contributed by atoms with Gasteiger partial charge in [0.15, 0.2) is 0 Å². The summed E-state index contributed by atoms with van der Waals surface area (Å²) in [5.41, 5.74) is 2.56. The molecule has 0 aromatic carbocycles. The summed E-state index contributed by atoms with van der Waals surface area (Å²) in [6.45, 7) is 6.53. The lowest BCUT2D eigenvalue weighted by Crippen LogP contribution is -1.95. The normalized spacial score (nSPS) is 18.9. The van der Waals surface area contributed by atoms with Gasteiger partial charge in [-0.25, -0.2) is 0 Å². The number of allylic oxidation sites excluding steroid dienone is 1. The van der Waals surface area contributed by atoms with Crippen molar-refractivity contribution in [1.82, 2.24) is 0 Å². The maximum atomic E-state index is 4.57. The third-order valence-corrected chi connectivity index (χ3v) is 4.63. The van der Waals surface area contributed by atoms with Crippen LogP contribution >= 0.6 is 11.3 Å². The molecular formula is C16H23NS. The van der Waals surface area contributed by atoms with Gasteiger partial charge in [-0.05, 0) is 50.5 Å². The van der Waals surface area contributed by atoms with Crippen molar-refractivity contribution in [3.05, 3.63) is 28.0 Å². The van der Waals surface area contributed by atoms with Gasteiger partial charge in [0.2, 0.25) is 0 Å². The van der Waals surface area contributed by atoms with Gasteiger partial charge < -0.3 is 0 Å². The van der Waals surface area contributed by atoms with Crippen LogP contribution in [0.1, 0.15) is 56.2 Å². The summed E-state index contributed by atoms with van der Waals surface area (Å²) >= 11 is 1.95. The Kier molecular flexibility index (Phi) is 4.76. The summed E-state index contributed by atoms with van der Waals surface area (Å²) < 4.78 is 0. The average molecular weight is 261 g/mol. The topological polar surface area (TPSA) is 12.4 Å². The second-order valence-electron chi connectivity index (χ2n) is 5.12. The van der Waals surface area contributed by atoms with E-state index >= 15 is 0 Å². The monoisotopic (exact) mass is 261 g/mol. The Morgan fingerprint density at radius 2 is 2.06 bits per heavy atom. The van der Waals surface area contributed by atoms with Crippen LogP contribution in [0, 0.1) is 0 Å². The molecule has 1 nitrogen and oxygen atoms in total. The van der Waals surface area contributed by atoms with Crippen molar-refractivity contribution in [2.45, 2.75) is 58.9 Å². The summed E-state index contributed by atoms with van der Waals surface area (Å²) in [6.07, 6.45) is 8.86. The number of aryl methyl sites for hydroxylation is 1. The molecule has 1 unspecified atom stereocenters. The van der Waals surface area contributed by atoms with E-state index in [9.17, 15) is 0 Å². The van der Waals surface area contributed by atoms with Gasteiger partial charge in [-0.15, -0.1) is 11.3 Å². The van der Waals surface area contributed by atoms with E-state index in [1.165, 1.54) is 47.4 Å². The van der Waals surface area contributed by atoms with E-state index in [0.29, 0.717) is 6.04 Å². The van der Waals surface area contributed by atoms with E-state index in [4.69, 9.17) is 0 Å². The van der Waals surface area contributed by atoms with E-state index in [2.05, 4.69) is 44.0 Å². The van der Waals surface area contributed by atoms with Gasteiger partial charge in [-0.1, -0.05) is 26.2 Å². The van der Waals surface area contributed by atoms with Crippen molar-refractivity contribution < 1.29 is 0 Å². The molecule has 0 spiro atoms. The van der Waals surface area contributed by atoms with E-state index in [1.807, 2.05) is 11.3 Å². The molecule has 98 valence electrons. The molecule has 0 aliphatic carbocycles. The Morgan fingerprint density at radius 3 is 2.72 bits per heavy atom. The molecule has 0 fully saturated rings. The van der Waals surface area contributed by atoms with Gasteiger partial charge >= 0.3 is 0 Å². The number of nitrogens with zero attached hydrogens (tertiary/aromatic N) is 1. The van der Waals surface area contributed by atoms with Crippen LogP contribution in [0.4, 0.5) is 0 Å². The zero-order valence-electron chi connectivity index (χ0n) is 11.7. The van der Waals surface area contributed by atoms with Crippen molar-refractivity contribution in [3.63, 3.8) is 0 Å². The highest BCUT2D eigenvalue weighted by Gasteiger charge is 2.17. The third-order valence-electron chi connectivity index (χ3n) is 3.43. The number of hydrogen-bond acceptors (Lipinski definition) is 2. The largest absolute Gasteiger partial charge is 0.282 e. The first-order valence-corrected chi connectivity index (χ1v) is 7.87. The van der Waals surface area contributed by atoms with Crippen LogP contribution < -0.4 is 0 Å². The standard InChI is InChI=1S/C16H23NS/c1-4-5-6-7-8-14-9-10-16(18-14)15-11-12(2)17-13(15)3/h9-11,13H,4-8H2,1-3H3. The van der Waals surface area contributed by atoms with Crippen molar-refractivity contribution in [2.24, 2.45) is 4.99 Å². The molecule has 1 aliphatic rings. The molecule has 1 aromatic heterocycles. The molecule has 0 radical (unpaired) electrons. The molecule has 0 saturated heterocycles. The Hall–Kier alpha value is -0.890. The molecule has 1 aromatic rings. The highest BCUT2D eigenvalue weighted by molar-refractivity contribution is 7.13. The lowest BCUT2D eigenvalue weighted by atomic mass is 10.1. The lowest BCUT2D eigenvalue weighted by Gasteiger charge is -2.03. The van der Waals surface area contributed by atoms with Gasteiger partial charge in [0.05, 0.1) is 6.04 Å². The Bertz CT molecular complexity index is 453. The van der Waals surface area contributed by atoms with Crippen molar-refractivity contribution in [3.8, 4) is 0 Å². The van der Waals surface area contributed by atoms with Gasteiger partial charge in [0, 0.05) is 15.5 Å². The number of rotatable bonds is 6. The number of thiophene rings is 1. The first-order valence-electron chi connectivity index (χ1n) is 7.05. The summed E-state index contributed by atoms with van der Waals surface area (Å²) in [5, 5.41) is 0. The first-order chi connectivity index (χ1) is 8.70. The number of hydrogen-bond donors (Lipinski definition) is 0. The van der Waals surface area contributed by atoms with E-state index in [1.54, 1.807) is 0 Å². The van der Waals surface area contributed by atoms with Gasteiger partial charge in [0.1, 0.15) is 0 Å². The summed E-state index contributed by atoms with van der Waals surface area (Å²) in [6, 6.07) is 4.92. The highest BCUT2D eigenvalue weighted by Crippen LogP contribution is 2.31. The minimum Gasteiger partial charge on any atom is -0.282 e. The van der Waals surface area contributed by atoms with Crippen LogP contribution in [0.5, 0.6) is 0 Å². The van der Waals surface area contributed by atoms with Crippen molar-refractivity contribution >= 4 is 22.6 Å². The Balaban J connectivity index is 1.93. The molecule has 0 bridgehead atoms. The Labute approximate surface area is 115 Å².